The molecular formula is C34H21N3O. The zero-order chi connectivity index (χ0) is 25.1. The molecule has 0 bridgehead atoms. The third-order valence-electron chi connectivity index (χ3n) is 7.29. The minimum absolute atomic E-state index is 0.634. The number of rotatable bonds is 3. The zero-order valence-corrected chi connectivity index (χ0v) is 20.4. The molecule has 178 valence electrons. The fraction of sp³-hybridized carbons (Fsp3) is 0. The van der Waals surface area contributed by atoms with Gasteiger partial charge in [-0.05, 0) is 47.5 Å². The van der Waals surface area contributed by atoms with Gasteiger partial charge in [0.05, 0.1) is 22.1 Å². The standard InChI is InChI=1S/C34H21N3O/c1-2-9-22(10-3-1)23-11-8-12-24(21-23)28-19-20-35-34(36-28)37-29-15-6-4-14-27(29)32-30(37)18-17-26-25-13-5-7-16-31(25)38-33(26)32/h1-21H. The number of para-hydroxylation sites is 2. The number of nitrogens with zero attached hydrogens (tertiary/aromatic N) is 3. The summed E-state index contributed by atoms with van der Waals surface area (Å²) >= 11 is 0. The summed E-state index contributed by atoms with van der Waals surface area (Å²) in [4.78, 5) is 9.80. The summed E-state index contributed by atoms with van der Waals surface area (Å²) < 4.78 is 8.56. The first-order chi connectivity index (χ1) is 18.8. The van der Waals surface area contributed by atoms with E-state index in [-0.39, 0.29) is 0 Å². The van der Waals surface area contributed by atoms with Crippen LogP contribution in [-0.2, 0) is 0 Å². The molecule has 0 aliphatic carbocycles. The van der Waals surface area contributed by atoms with E-state index < -0.39 is 0 Å². The van der Waals surface area contributed by atoms with Crippen LogP contribution < -0.4 is 0 Å². The van der Waals surface area contributed by atoms with Crippen LogP contribution in [0.4, 0.5) is 0 Å². The Morgan fingerprint density at radius 1 is 0.553 bits per heavy atom. The number of hydrogen-bond donors (Lipinski definition) is 0. The van der Waals surface area contributed by atoms with Gasteiger partial charge >= 0.3 is 0 Å². The molecule has 0 radical (unpaired) electrons. The molecule has 8 rings (SSSR count). The molecule has 5 aromatic carbocycles. The average Bonchev–Trinajstić information content (AvgIpc) is 3.53. The van der Waals surface area contributed by atoms with Gasteiger partial charge in [-0.2, -0.15) is 0 Å². The molecule has 8 aromatic rings. The Hall–Kier alpha value is -5.22. The van der Waals surface area contributed by atoms with Gasteiger partial charge in [0.2, 0.25) is 5.95 Å². The Kier molecular flexibility index (Phi) is 4.49. The van der Waals surface area contributed by atoms with Crippen LogP contribution in [0.5, 0.6) is 0 Å². The van der Waals surface area contributed by atoms with Crippen molar-refractivity contribution in [3.05, 3.63) is 128 Å². The van der Waals surface area contributed by atoms with E-state index in [4.69, 9.17) is 14.4 Å². The summed E-state index contributed by atoms with van der Waals surface area (Å²) in [5.41, 5.74) is 8.12. The lowest BCUT2D eigenvalue weighted by atomic mass is 10.0. The van der Waals surface area contributed by atoms with E-state index >= 15 is 0 Å². The summed E-state index contributed by atoms with van der Waals surface area (Å²) in [7, 11) is 0. The van der Waals surface area contributed by atoms with Crippen molar-refractivity contribution in [3.63, 3.8) is 0 Å². The summed E-state index contributed by atoms with van der Waals surface area (Å²) in [5, 5.41) is 4.43. The highest BCUT2D eigenvalue weighted by Crippen LogP contribution is 2.40. The van der Waals surface area contributed by atoms with E-state index in [0.717, 1.165) is 60.6 Å². The molecule has 0 amide bonds. The molecule has 0 N–H and O–H groups in total. The van der Waals surface area contributed by atoms with Crippen molar-refractivity contribution < 1.29 is 4.42 Å². The first-order valence-electron chi connectivity index (χ1n) is 12.7. The number of hydrogen-bond acceptors (Lipinski definition) is 3. The number of benzene rings is 5. The SMILES string of the molecule is c1ccc(-c2cccc(-c3ccnc(-n4c5ccccc5c5c6oc7ccccc7c6ccc54)n3)c2)cc1. The fourth-order valence-electron chi connectivity index (χ4n) is 5.56. The third kappa shape index (κ3) is 3.10. The minimum atomic E-state index is 0.634. The average molecular weight is 488 g/mol. The maximum absolute atomic E-state index is 6.42. The predicted molar refractivity (Wildman–Crippen MR) is 155 cm³/mol. The molecule has 4 nitrogen and oxygen atoms in total. The lowest BCUT2D eigenvalue weighted by molar-refractivity contribution is 0.673. The number of fused-ring (bicyclic) bond motifs is 7. The van der Waals surface area contributed by atoms with Gasteiger partial charge in [0, 0.05) is 27.9 Å². The molecule has 0 unspecified atom stereocenters. The molecule has 0 atom stereocenters. The molecule has 0 fully saturated rings. The van der Waals surface area contributed by atoms with Crippen LogP contribution in [-0.4, -0.2) is 14.5 Å². The minimum Gasteiger partial charge on any atom is -0.455 e. The van der Waals surface area contributed by atoms with Crippen molar-refractivity contribution in [2.75, 3.05) is 0 Å². The van der Waals surface area contributed by atoms with Gasteiger partial charge in [-0.25, -0.2) is 9.97 Å². The Balaban J connectivity index is 1.36. The van der Waals surface area contributed by atoms with Crippen molar-refractivity contribution in [3.8, 4) is 28.3 Å². The highest BCUT2D eigenvalue weighted by Gasteiger charge is 2.19. The Morgan fingerprint density at radius 2 is 1.32 bits per heavy atom. The molecule has 0 aliphatic heterocycles. The van der Waals surface area contributed by atoms with E-state index in [2.05, 4.69) is 102 Å². The lowest BCUT2D eigenvalue weighted by Crippen LogP contribution is -2.01. The quantitative estimate of drug-likeness (QED) is 0.250. The molecule has 3 aromatic heterocycles. The third-order valence-corrected chi connectivity index (χ3v) is 7.29. The molecular weight excluding hydrogens is 466 g/mol. The second-order valence-corrected chi connectivity index (χ2v) is 9.48. The van der Waals surface area contributed by atoms with Crippen LogP contribution in [0.1, 0.15) is 0 Å². The fourth-order valence-corrected chi connectivity index (χ4v) is 5.56. The van der Waals surface area contributed by atoms with Crippen molar-refractivity contribution in [2.45, 2.75) is 0 Å². The van der Waals surface area contributed by atoms with E-state index in [0.29, 0.717) is 5.95 Å². The predicted octanol–water partition coefficient (Wildman–Crippen LogP) is 8.81. The largest absolute Gasteiger partial charge is 0.455 e. The molecule has 4 heteroatoms. The summed E-state index contributed by atoms with van der Waals surface area (Å²) in [5.74, 6) is 0.634. The molecule has 38 heavy (non-hydrogen) atoms. The monoisotopic (exact) mass is 487 g/mol. The van der Waals surface area contributed by atoms with Gasteiger partial charge in [0.25, 0.3) is 0 Å². The van der Waals surface area contributed by atoms with Crippen LogP contribution in [0.15, 0.2) is 132 Å². The summed E-state index contributed by atoms with van der Waals surface area (Å²) in [6, 6.07) is 41.8. The van der Waals surface area contributed by atoms with Gasteiger partial charge in [0.15, 0.2) is 0 Å². The van der Waals surface area contributed by atoms with E-state index in [1.54, 1.807) is 0 Å². The molecule has 0 spiro atoms. The van der Waals surface area contributed by atoms with Gasteiger partial charge in [0.1, 0.15) is 11.2 Å². The van der Waals surface area contributed by atoms with Crippen LogP contribution in [0.25, 0.3) is 72.1 Å². The smallest absolute Gasteiger partial charge is 0.235 e. The molecule has 0 saturated heterocycles. The topological polar surface area (TPSA) is 43.9 Å². The highest BCUT2D eigenvalue weighted by molar-refractivity contribution is 6.23. The highest BCUT2D eigenvalue weighted by atomic mass is 16.3. The van der Waals surface area contributed by atoms with Crippen molar-refractivity contribution in [1.82, 2.24) is 14.5 Å². The normalized spacial score (nSPS) is 11.7. The van der Waals surface area contributed by atoms with Crippen LogP contribution in [0.3, 0.4) is 0 Å². The van der Waals surface area contributed by atoms with E-state index in [1.165, 1.54) is 5.56 Å². The van der Waals surface area contributed by atoms with Crippen LogP contribution >= 0.6 is 0 Å². The first-order valence-corrected chi connectivity index (χ1v) is 12.7. The summed E-state index contributed by atoms with van der Waals surface area (Å²) in [6.07, 6.45) is 1.84. The summed E-state index contributed by atoms with van der Waals surface area (Å²) in [6.45, 7) is 0. The van der Waals surface area contributed by atoms with E-state index in [9.17, 15) is 0 Å². The zero-order valence-electron chi connectivity index (χ0n) is 20.4. The molecule has 0 saturated carbocycles. The lowest BCUT2D eigenvalue weighted by Gasteiger charge is -2.09. The maximum Gasteiger partial charge on any atom is 0.235 e. The van der Waals surface area contributed by atoms with Crippen LogP contribution in [0, 0.1) is 0 Å². The van der Waals surface area contributed by atoms with Gasteiger partial charge < -0.3 is 4.42 Å². The van der Waals surface area contributed by atoms with Crippen molar-refractivity contribution in [2.24, 2.45) is 0 Å². The Bertz CT molecular complexity index is 2140. The van der Waals surface area contributed by atoms with Crippen molar-refractivity contribution in [1.29, 1.82) is 0 Å². The van der Waals surface area contributed by atoms with Crippen molar-refractivity contribution >= 4 is 43.7 Å². The van der Waals surface area contributed by atoms with Gasteiger partial charge in [-0.15, -0.1) is 0 Å². The first kappa shape index (κ1) is 20.9. The molecule has 3 heterocycles. The second-order valence-electron chi connectivity index (χ2n) is 9.48. The second kappa shape index (κ2) is 8.15. The Morgan fingerprint density at radius 3 is 2.24 bits per heavy atom. The van der Waals surface area contributed by atoms with Gasteiger partial charge in [-0.3, -0.25) is 4.57 Å². The van der Waals surface area contributed by atoms with E-state index in [1.807, 2.05) is 30.5 Å². The van der Waals surface area contributed by atoms with Crippen LogP contribution in [0.2, 0.25) is 0 Å². The van der Waals surface area contributed by atoms with Gasteiger partial charge in [-0.1, -0.05) is 84.9 Å². The number of furan rings is 1. The maximum atomic E-state index is 6.42. The Labute approximate surface area is 218 Å². The number of aromatic nitrogens is 3. The molecule has 0 aliphatic rings.